The SMILES string of the molecule is CC(C)(C)OC(=O)CCC(=O)NCCCc1ncc[nH]1. The van der Waals surface area contributed by atoms with Crippen molar-refractivity contribution in [3.8, 4) is 0 Å². The number of carbonyl (C=O) groups is 2. The highest BCUT2D eigenvalue weighted by molar-refractivity contribution is 5.81. The molecule has 0 spiro atoms. The van der Waals surface area contributed by atoms with Crippen molar-refractivity contribution in [1.82, 2.24) is 15.3 Å². The maximum atomic E-state index is 11.5. The van der Waals surface area contributed by atoms with E-state index in [0.29, 0.717) is 6.54 Å². The van der Waals surface area contributed by atoms with E-state index in [-0.39, 0.29) is 24.7 Å². The van der Waals surface area contributed by atoms with E-state index in [1.165, 1.54) is 0 Å². The standard InChI is InChI=1S/C14H23N3O3/c1-14(2,3)20-13(19)7-6-12(18)17-8-4-5-11-15-9-10-16-11/h9-10H,4-8H2,1-3H3,(H,15,16)(H,17,18). The van der Waals surface area contributed by atoms with E-state index >= 15 is 0 Å². The molecule has 0 bridgehead atoms. The normalized spacial score (nSPS) is 11.2. The van der Waals surface area contributed by atoms with Crippen molar-refractivity contribution in [3.63, 3.8) is 0 Å². The Bertz CT molecular complexity index is 421. The van der Waals surface area contributed by atoms with Crippen molar-refractivity contribution in [2.24, 2.45) is 0 Å². The van der Waals surface area contributed by atoms with Gasteiger partial charge in [0.2, 0.25) is 5.91 Å². The van der Waals surface area contributed by atoms with E-state index in [0.717, 1.165) is 18.7 Å². The lowest BCUT2D eigenvalue weighted by Gasteiger charge is -2.19. The molecule has 1 heterocycles. The van der Waals surface area contributed by atoms with E-state index in [1.807, 2.05) is 0 Å². The number of nitrogens with one attached hydrogen (secondary N) is 2. The maximum absolute atomic E-state index is 11.5. The predicted octanol–water partition coefficient (Wildman–Crippen LogP) is 1.58. The van der Waals surface area contributed by atoms with Crippen molar-refractivity contribution < 1.29 is 14.3 Å². The van der Waals surface area contributed by atoms with Gasteiger partial charge in [0.1, 0.15) is 11.4 Å². The van der Waals surface area contributed by atoms with E-state index in [2.05, 4.69) is 15.3 Å². The van der Waals surface area contributed by atoms with Gasteiger partial charge in [-0.2, -0.15) is 0 Å². The molecule has 112 valence electrons. The van der Waals surface area contributed by atoms with E-state index in [9.17, 15) is 9.59 Å². The fraction of sp³-hybridized carbons (Fsp3) is 0.643. The quantitative estimate of drug-likeness (QED) is 0.587. The first kappa shape index (κ1) is 16.2. The first-order valence-electron chi connectivity index (χ1n) is 6.83. The Morgan fingerprint density at radius 3 is 2.70 bits per heavy atom. The zero-order valence-corrected chi connectivity index (χ0v) is 12.4. The van der Waals surface area contributed by atoms with Gasteiger partial charge >= 0.3 is 5.97 Å². The topological polar surface area (TPSA) is 84.1 Å². The third-order valence-corrected chi connectivity index (χ3v) is 2.44. The smallest absolute Gasteiger partial charge is 0.306 e. The molecule has 6 heteroatoms. The van der Waals surface area contributed by atoms with Gasteiger partial charge in [0.05, 0.1) is 6.42 Å². The number of aromatic amines is 1. The first-order valence-corrected chi connectivity index (χ1v) is 6.83. The maximum Gasteiger partial charge on any atom is 0.306 e. The van der Waals surface area contributed by atoms with Crippen LogP contribution in [0.5, 0.6) is 0 Å². The molecule has 0 atom stereocenters. The molecule has 2 N–H and O–H groups in total. The molecule has 0 radical (unpaired) electrons. The summed E-state index contributed by atoms with van der Waals surface area (Å²) in [7, 11) is 0. The van der Waals surface area contributed by atoms with Crippen molar-refractivity contribution in [2.45, 2.75) is 52.1 Å². The average molecular weight is 281 g/mol. The van der Waals surface area contributed by atoms with E-state index in [4.69, 9.17) is 4.74 Å². The van der Waals surface area contributed by atoms with E-state index in [1.54, 1.807) is 33.2 Å². The number of H-pyrrole nitrogens is 1. The summed E-state index contributed by atoms with van der Waals surface area (Å²) >= 11 is 0. The number of rotatable bonds is 7. The third kappa shape index (κ3) is 7.56. The zero-order chi connectivity index (χ0) is 15.0. The number of aryl methyl sites for hydroxylation is 1. The van der Waals surface area contributed by atoms with Crippen LogP contribution in [-0.2, 0) is 20.7 Å². The summed E-state index contributed by atoms with van der Waals surface area (Å²) < 4.78 is 5.13. The molecular weight excluding hydrogens is 258 g/mol. The van der Waals surface area contributed by atoms with Crippen LogP contribution in [0.4, 0.5) is 0 Å². The molecule has 1 rings (SSSR count). The lowest BCUT2D eigenvalue weighted by atomic mass is 10.2. The highest BCUT2D eigenvalue weighted by Gasteiger charge is 2.16. The summed E-state index contributed by atoms with van der Waals surface area (Å²) in [6.07, 6.45) is 5.35. The van der Waals surface area contributed by atoms with Crippen LogP contribution in [0.15, 0.2) is 12.4 Å². The fourth-order valence-corrected chi connectivity index (χ4v) is 1.61. The van der Waals surface area contributed by atoms with Gasteiger partial charge in [-0.05, 0) is 27.2 Å². The molecule has 0 fully saturated rings. The van der Waals surface area contributed by atoms with Crippen LogP contribution in [0.25, 0.3) is 0 Å². The Morgan fingerprint density at radius 2 is 2.10 bits per heavy atom. The van der Waals surface area contributed by atoms with Crippen LogP contribution < -0.4 is 5.32 Å². The highest BCUT2D eigenvalue weighted by Crippen LogP contribution is 2.08. The largest absolute Gasteiger partial charge is 0.460 e. The first-order chi connectivity index (χ1) is 9.37. The second-order valence-corrected chi connectivity index (χ2v) is 5.58. The van der Waals surface area contributed by atoms with Crippen LogP contribution in [-0.4, -0.2) is 34.0 Å². The van der Waals surface area contributed by atoms with Crippen molar-refractivity contribution >= 4 is 11.9 Å². The minimum absolute atomic E-state index is 0.112. The van der Waals surface area contributed by atoms with E-state index < -0.39 is 5.60 Å². The van der Waals surface area contributed by atoms with Gasteiger partial charge in [-0.1, -0.05) is 0 Å². The van der Waals surface area contributed by atoms with Crippen LogP contribution >= 0.6 is 0 Å². The lowest BCUT2D eigenvalue weighted by Crippen LogP contribution is -2.27. The predicted molar refractivity (Wildman–Crippen MR) is 75.0 cm³/mol. The van der Waals surface area contributed by atoms with Crippen LogP contribution in [0.2, 0.25) is 0 Å². The van der Waals surface area contributed by atoms with Gasteiger partial charge in [0, 0.05) is 31.8 Å². The molecule has 1 aromatic heterocycles. The molecule has 0 unspecified atom stereocenters. The van der Waals surface area contributed by atoms with Gasteiger partial charge in [-0.3, -0.25) is 9.59 Å². The van der Waals surface area contributed by atoms with Gasteiger partial charge < -0.3 is 15.0 Å². The molecule has 6 nitrogen and oxygen atoms in total. The number of esters is 1. The zero-order valence-electron chi connectivity index (χ0n) is 12.4. The minimum atomic E-state index is -0.503. The number of imidazole rings is 1. The van der Waals surface area contributed by atoms with Crippen LogP contribution in [0.3, 0.4) is 0 Å². The van der Waals surface area contributed by atoms with Crippen LogP contribution in [0.1, 0.15) is 45.9 Å². The highest BCUT2D eigenvalue weighted by atomic mass is 16.6. The van der Waals surface area contributed by atoms with Gasteiger partial charge in [0.25, 0.3) is 0 Å². The number of aromatic nitrogens is 2. The number of hydrogen-bond acceptors (Lipinski definition) is 4. The van der Waals surface area contributed by atoms with Gasteiger partial charge in [-0.25, -0.2) is 4.98 Å². The van der Waals surface area contributed by atoms with Crippen molar-refractivity contribution in [2.75, 3.05) is 6.54 Å². The molecule has 0 aliphatic rings. The molecular formula is C14H23N3O3. The molecule has 0 aliphatic heterocycles. The molecule has 0 aliphatic carbocycles. The fourth-order valence-electron chi connectivity index (χ4n) is 1.61. The summed E-state index contributed by atoms with van der Waals surface area (Å²) in [6, 6.07) is 0. The number of amides is 1. The lowest BCUT2D eigenvalue weighted by molar-refractivity contribution is -0.155. The molecule has 0 saturated carbocycles. The molecule has 1 amide bonds. The Hall–Kier alpha value is -1.85. The molecule has 0 aromatic carbocycles. The summed E-state index contributed by atoms with van der Waals surface area (Å²) in [4.78, 5) is 30.1. The molecule has 0 saturated heterocycles. The molecule has 1 aromatic rings. The number of hydrogen-bond donors (Lipinski definition) is 2. The second kappa shape index (κ2) is 7.67. The Balaban J connectivity index is 2.07. The second-order valence-electron chi connectivity index (χ2n) is 5.58. The summed E-state index contributed by atoms with van der Waals surface area (Å²) in [6.45, 7) is 5.99. The Morgan fingerprint density at radius 1 is 1.35 bits per heavy atom. The number of carbonyl (C=O) groups excluding carboxylic acids is 2. The number of nitrogens with zero attached hydrogens (tertiary/aromatic N) is 1. The summed E-state index contributed by atoms with van der Waals surface area (Å²) in [5.41, 5.74) is -0.503. The van der Waals surface area contributed by atoms with Crippen molar-refractivity contribution in [3.05, 3.63) is 18.2 Å². The summed E-state index contributed by atoms with van der Waals surface area (Å²) in [5.74, 6) is 0.437. The summed E-state index contributed by atoms with van der Waals surface area (Å²) in [5, 5.41) is 2.77. The minimum Gasteiger partial charge on any atom is -0.460 e. The number of ether oxygens (including phenoxy) is 1. The average Bonchev–Trinajstić information content (AvgIpc) is 2.83. The third-order valence-electron chi connectivity index (χ3n) is 2.44. The molecule has 20 heavy (non-hydrogen) atoms. The van der Waals surface area contributed by atoms with Crippen molar-refractivity contribution in [1.29, 1.82) is 0 Å². The van der Waals surface area contributed by atoms with Gasteiger partial charge in [-0.15, -0.1) is 0 Å². The van der Waals surface area contributed by atoms with Gasteiger partial charge in [0.15, 0.2) is 0 Å². The Kier molecular flexibility index (Phi) is 6.21. The Labute approximate surface area is 119 Å². The monoisotopic (exact) mass is 281 g/mol. The van der Waals surface area contributed by atoms with Crippen LogP contribution in [0, 0.1) is 0 Å².